The fourth-order valence-corrected chi connectivity index (χ4v) is 6.27. The number of esters is 2. The van der Waals surface area contributed by atoms with Crippen molar-refractivity contribution < 1.29 is 56.7 Å². The second kappa shape index (κ2) is 12.8. The summed E-state index contributed by atoms with van der Waals surface area (Å²) in [6, 6.07) is 2.83. The molecule has 0 unspecified atom stereocenters. The Hall–Kier alpha value is -2.76. The van der Waals surface area contributed by atoms with E-state index < -0.39 is 35.2 Å². The number of nitrogen functional groups attached to an aromatic ring is 1. The highest BCUT2D eigenvalue weighted by Gasteiger charge is 2.41. The molecule has 2 saturated heterocycles. The van der Waals surface area contributed by atoms with Crippen molar-refractivity contribution in [1.29, 1.82) is 0 Å². The Balaban J connectivity index is 0.000000230. The third-order valence-corrected chi connectivity index (χ3v) is 8.93. The third kappa shape index (κ3) is 7.30. The molecule has 1 amide bonds. The molecule has 0 saturated carbocycles. The Labute approximate surface area is 235 Å². The molecule has 2 aliphatic heterocycles. The smallest absolute Gasteiger partial charge is 0.465 e. The molecule has 0 atom stereocenters. The van der Waals surface area contributed by atoms with Crippen molar-refractivity contribution in [2.24, 2.45) is 0 Å². The summed E-state index contributed by atoms with van der Waals surface area (Å²) in [5.41, 5.74) is 3.53. The van der Waals surface area contributed by atoms with Gasteiger partial charge in [0.25, 0.3) is 0 Å². The maximum absolute atomic E-state index is 12.4. The van der Waals surface area contributed by atoms with Gasteiger partial charge in [0.15, 0.2) is 0 Å². The van der Waals surface area contributed by atoms with Crippen LogP contribution in [0.15, 0.2) is 12.1 Å². The van der Waals surface area contributed by atoms with Gasteiger partial charge >= 0.3 is 24.0 Å². The maximum Gasteiger partial charge on any atom is 0.471 e. The van der Waals surface area contributed by atoms with Crippen LogP contribution in [0.4, 0.5) is 24.5 Å². The van der Waals surface area contributed by atoms with E-state index in [1.165, 1.54) is 24.5 Å². The largest absolute Gasteiger partial charge is 0.471 e. The lowest BCUT2D eigenvalue weighted by Gasteiger charge is -2.30. The summed E-state index contributed by atoms with van der Waals surface area (Å²) in [6.45, 7) is 1.60. The van der Waals surface area contributed by atoms with Crippen LogP contribution in [-0.2, 0) is 34.9 Å². The summed E-state index contributed by atoms with van der Waals surface area (Å²) < 4.78 is 56.7. The van der Waals surface area contributed by atoms with Gasteiger partial charge in [0.2, 0.25) is 0 Å². The van der Waals surface area contributed by atoms with E-state index in [1.54, 1.807) is 11.4 Å². The zero-order chi connectivity index (χ0) is 29.7. The third-order valence-electron chi connectivity index (χ3n) is 6.30. The Bertz CT molecular complexity index is 1220. The van der Waals surface area contributed by atoms with Crippen LogP contribution in [0.1, 0.15) is 54.8 Å². The quantitative estimate of drug-likeness (QED) is 0.370. The van der Waals surface area contributed by atoms with Crippen LogP contribution in [0.25, 0.3) is 0 Å². The van der Waals surface area contributed by atoms with Crippen molar-refractivity contribution in [3.63, 3.8) is 0 Å². The van der Waals surface area contributed by atoms with Crippen molar-refractivity contribution in [2.75, 3.05) is 51.7 Å². The topological polar surface area (TPSA) is 167 Å². The number of hydrogen-bond donors (Lipinski definition) is 4. The second-order valence-corrected chi connectivity index (χ2v) is 11.1. The van der Waals surface area contributed by atoms with Crippen LogP contribution in [-0.4, -0.2) is 74.9 Å². The van der Waals surface area contributed by atoms with Crippen LogP contribution in [0.3, 0.4) is 0 Å². The van der Waals surface area contributed by atoms with Crippen molar-refractivity contribution in [2.45, 2.75) is 43.1 Å². The van der Waals surface area contributed by atoms with Gasteiger partial charge in [0, 0.05) is 61.9 Å². The zero-order valence-electron chi connectivity index (χ0n) is 21.6. The van der Waals surface area contributed by atoms with Gasteiger partial charge in [-0.05, 0) is 12.1 Å². The lowest BCUT2D eigenvalue weighted by molar-refractivity contribution is -0.167. The van der Waals surface area contributed by atoms with Crippen molar-refractivity contribution in [3.05, 3.63) is 31.6 Å². The van der Waals surface area contributed by atoms with Gasteiger partial charge in [0.1, 0.15) is 21.0 Å². The number of aliphatic hydroxyl groups is 2. The number of rotatable bonds is 5. The van der Waals surface area contributed by atoms with E-state index in [1.807, 2.05) is 0 Å². The summed E-state index contributed by atoms with van der Waals surface area (Å²) in [6.07, 6.45) is -3.58. The normalized spacial score (nSPS) is 18.2. The molecule has 11 nitrogen and oxygen atoms in total. The number of nitrogens with two attached hydrogens (primary N) is 1. The minimum Gasteiger partial charge on any atom is -0.465 e. The van der Waals surface area contributed by atoms with E-state index in [4.69, 9.17) is 15.2 Å². The first kappa shape index (κ1) is 31.8. The average Bonchev–Trinajstić information content (AvgIpc) is 3.53. The van der Waals surface area contributed by atoms with Crippen LogP contribution >= 0.6 is 22.7 Å². The molecule has 0 spiro atoms. The van der Waals surface area contributed by atoms with Gasteiger partial charge in [-0.3, -0.25) is 4.79 Å². The van der Waals surface area contributed by atoms with Crippen LogP contribution in [0.5, 0.6) is 0 Å². The fourth-order valence-electron chi connectivity index (χ4n) is 3.95. The number of anilines is 2. The molecule has 2 fully saturated rings. The predicted octanol–water partition coefficient (Wildman–Crippen LogP) is 3.15. The van der Waals surface area contributed by atoms with Crippen LogP contribution in [0, 0.1) is 0 Å². The molecule has 0 bridgehead atoms. The van der Waals surface area contributed by atoms with Gasteiger partial charge < -0.3 is 40.2 Å². The van der Waals surface area contributed by atoms with E-state index in [-0.39, 0.29) is 41.5 Å². The molecule has 4 rings (SSSR count). The van der Waals surface area contributed by atoms with E-state index in [9.17, 15) is 37.8 Å². The summed E-state index contributed by atoms with van der Waals surface area (Å²) >= 11 is 1.98. The molecule has 0 aliphatic carbocycles. The lowest BCUT2D eigenvalue weighted by Crippen LogP contribution is -2.32. The first-order valence-corrected chi connectivity index (χ1v) is 13.6. The van der Waals surface area contributed by atoms with Gasteiger partial charge in [0.05, 0.1) is 25.6 Å². The van der Waals surface area contributed by atoms with Crippen molar-refractivity contribution in [3.8, 4) is 0 Å². The fraction of sp³-hybridized carbons (Fsp3) is 0.542. The maximum atomic E-state index is 12.4. The molecule has 0 radical (unpaired) electrons. The summed E-state index contributed by atoms with van der Waals surface area (Å²) in [5.74, 6) is -3.56. The number of methoxy groups -OCH3 is 2. The number of hydrogen-bond acceptors (Lipinski definition) is 12. The predicted molar refractivity (Wildman–Crippen MR) is 138 cm³/mol. The summed E-state index contributed by atoms with van der Waals surface area (Å²) in [4.78, 5) is 35.4. The number of carbonyl (C=O) groups excluding carboxylic acids is 3. The molecule has 2 aliphatic rings. The van der Waals surface area contributed by atoms with Gasteiger partial charge in [-0.2, -0.15) is 13.2 Å². The number of halogens is 3. The summed E-state index contributed by atoms with van der Waals surface area (Å²) in [5, 5.41) is 22.7. The lowest BCUT2D eigenvalue weighted by atomic mass is 9.92. The van der Waals surface area contributed by atoms with Crippen LogP contribution in [0.2, 0.25) is 0 Å². The van der Waals surface area contributed by atoms with Gasteiger partial charge in [-0.25, -0.2) is 9.59 Å². The van der Waals surface area contributed by atoms with E-state index >= 15 is 0 Å². The molecule has 0 aromatic carbocycles. The Kier molecular flexibility index (Phi) is 10.2. The minimum absolute atomic E-state index is 0.208. The van der Waals surface area contributed by atoms with Crippen molar-refractivity contribution >= 4 is 51.9 Å². The molecule has 4 heterocycles. The van der Waals surface area contributed by atoms with E-state index in [0.29, 0.717) is 41.5 Å². The molecule has 40 heavy (non-hydrogen) atoms. The molecule has 2 aromatic rings. The highest BCUT2D eigenvalue weighted by molar-refractivity contribution is 7.15. The SMILES string of the molecule is COC(=O)c1sc(C2(O)CCOCC2)cc1N.COC(=O)c1sc(C2(O)CCOCC2)cc1NC(=O)C(F)(F)F. The number of ether oxygens (including phenoxy) is 4. The van der Waals surface area contributed by atoms with E-state index in [0.717, 1.165) is 18.4 Å². The molecular formula is C24H29F3N2O9S2. The van der Waals surface area contributed by atoms with Crippen LogP contribution < -0.4 is 11.1 Å². The molecular weight excluding hydrogens is 581 g/mol. The highest BCUT2D eigenvalue weighted by Crippen LogP contribution is 2.41. The zero-order valence-corrected chi connectivity index (χ0v) is 23.2. The molecule has 5 N–H and O–H groups in total. The average molecular weight is 611 g/mol. The summed E-state index contributed by atoms with van der Waals surface area (Å²) in [7, 11) is 2.38. The number of nitrogens with one attached hydrogen (secondary N) is 1. The number of carbonyl (C=O) groups is 3. The number of alkyl halides is 3. The highest BCUT2D eigenvalue weighted by atomic mass is 32.1. The monoisotopic (exact) mass is 610 g/mol. The Morgan fingerprint density at radius 3 is 1.75 bits per heavy atom. The molecule has 222 valence electrons. The van der Waals surface area contributed by atoms with Gasteiger partial charge in [-0.1, -0.05) is 0 Å². The first-order valence-electron chi connectivity index (χ1n) is 11.9. The first-order chi connectivity index (χ1) is 18.7. The van der Waals surface area contributed by atoms with Gasteiger partial charge in [-0.15, -0.1) is 22.7 Å². The minimum atomic E-state index is -5.09. The second-order valence-electron chi connectivity index (χ2n) is 8.97. The van der Waals surface area contributed by atoms with E-state index in [2.05, 4.69) is 9.47 Å². The Morgan fingerprint density at radius 2 is 1.30 bits per heavy atom. The number of amides is 1. The standard InChI is InChI=1S/C13H14F3NO5S.C11H15NO4S/c1-21-10(18)9-7(17-11(19)13(14,15)16)6-8(23-9)12(20)2-4-22-5-3-12;1-15-10(13)9-7(12)6-8(17-9)11(14)2-4-16-5-3-11/h6,20H,2-5H2,1H3,(H,17,19);6,14H,2-5,12H2,1H3. The Morgan fingerprint density at radius 1 is 0.875 bits per heavy atom. The van der Waals surface area contributed by atoms with Crippen molar-refractivity contribution in [1.82, 2.24) is 0 Å². The molecule has 16 heteroatoms. The number of thiophene rings is 2. The molecule has 2 aromatic heterocycles.